The van der Waals surface area contributed by atoms with Crippen LogP contribution in [0, 0.1) is 11.8 Å². The number of hydrogen-bond acceptors (Lipinski definition) is 4. The zero-order valence-corrected chi connectivity index (χ0v) is 29.3. The van der Waals surface area contributed by atoms with Gasteiger partial charge in [0.2, 0.25) is 0 Å². The van der Waals surface area contributed by atoms with Crippen molar-refractivity contribution >= 4 is 55.0 Å². The number of carbonyl (C=O) groups excluding carboxylic acids is 2. The molecule has 8 heteroatoms. The van der Waals surface area contributed by atoms with Gasteiger partial charge in [-0.2, -0.15) is 0 Å². The van der Waals surface area contributed by atoms with E-state index in [2.05, 4.69) is 70.2 Å². The second-order valence-electron chi connectivity index (χ2n) is 11.8. The van der Waals surface area contributed by atoms with Crippen LogP contribution in [0.3, 0.4) is 0 Å². The van der Waals surface area contributed by atoms with E-state index in [4.69, 9.17) is 9.47 Å². The van der Waals surface area contributed by atoms with Gasteiger partial charge in [-0.3, -0.25) is 9.59 Å². The number of amides is 2. The summed E-state index contributed by atoms with van der Waals surface area (Å²) in [6.45, 7) is 9.68. The van der Waals surface area contributed by atoms with Gasteiger partial charge in [-0.05, 0) is 103 Å². The van der Waals surface area contributed by atoms with E-state index < -0.39 is 0 Å². The average Bonchev–Trinajstić information content (AvgIpc) is 3.00. The molecule has 0 atom stereocenters. The molecule has 0 saturated heterocycles. The summed E-state index contributed by atoms with van der Waals surface area (Å²) in [6.07, 6.45) is 2.54. The third-order valence-corrected chi connectivity index (χ3v) is 8.10. The van der Waals surface area contributed by atoms with E-state index in [1.807, 2.05) is 72.8 Å². The maximum Gasteiger partial charge on any atom is 0.259 e. The van der Waals surface area contributed by atoms with Gasteiger partial charge in [-0.15, -0.1) is 0 Å². The highest BCUT2D eigenvalue weighted by Crippen LogP contribution is 2.27. The van der Waals surface area contributed by atoms with Crippen molar-refractivity contribution in [2.24, 2.45) is 11.8 Å². The van der Waals surface area contributed by atoms with Gasteiger partial charge >= 0.3 is 0 Å². The van der Waals surface area contributed by atoms with E-state index in [0.29, 0.717) is 65.5 Å². The summed E-state index contributed by atoms with van der Waals surface area (Å²) < 4.78 is 13.5. The monoisotopic (exact) mass is 734 g/mol. The van der Waals surface area contributed by atoms with E-state index in [1.165, 1.54) is 0 Å². The van der Waals surface area contributed by atoms with Gasteiger partial charge in [0, 0.05) is 20.3 Å². The fourth-order valence-electron chi connectivity index (χ4n) is 4.46. The number of benzene rings is 4. The summed E-state index contributed by atoms with van der Waals surface area (Å²) in [5.41, 5.74) is 4.58. The molecule has 0 aliphatic carbocycles. The van der Waals surface area contributed by atoms with Crippen molar-refractivity contribution < 1.29 is 19.1 Å². The lowest BCUT2D eigenvalue weighted by molar-refractivity contribution is 0.101. The van der Waals surface area contributed by atoms with Crippen LogP contribution in [0.15, 0.2) is 93.9 Å². The highest BCUT2D eigenvalue weighted by molar-refractivity contribution is 9.10. The quantitative estimate of drug-likeness (QED) is 0.135. The SMILES string of the molecule is CC(C)CCOc1ccc(Br)cc1C(=O)Nc1ccc(Cc2ccc(NC(=O)c3cc(Br)ccc3OCCC(C)C)cc2)cc1. The van der Waals surface area contributed by atoms with Crippen molar-refractivity contribution in [3.05, 3.63) is 116 Å². The summed E-state index contributed by atoms with van der Waals surface area (Å²) >= 11 is 6.93. The molecular formula is C37H40Br2N2O4. The number of anilines is 2. The predicted molar refractivity (Wildman–Crippen MR) is 190 cm³/mol. The van der Waals surface area contributed by atoms with E-state index in [0.717, 1.165) is 32.9 Å². The molecule has 2 amide bonds. The molecule has 0 aliphatic rings. The molecule has 0 aliphatic heterocycles. The van der Waals surface area contributed by atoms with Crippen LogP contribution >= 0.6 is 31.9 Å². The molecule has 0 spiro atoms. The minimum atomic E-state index is -0.224. The molecular weight excluding hydrogens is 696 g/mol. The Kier molecular flexibility index (Phi) is 12.7. The first-order chi connectivity index (χ1) is 21.6. The van der Waals surface area contributed by atoms with E-state index in [-0.39, 0.29) is 11.8 Å². The number of ether oxygens (including phenoxy) is 2. The Bertz CT molecular complexity index is 1470. The lowest BCUT2D eigenvalue weighted by Crippen LogP contribution is -2.14. The maximum absolute atomic E-state index is 13.1. The van der Waals surface area contributed by atoms with Crippen LogP contribution in [-0.2, 0) is 6.42 Å². The number of nitrogens with one attached hydrogen (secondary N) is 2. The Labute approximate surface area is 283 Å². The molecule has 0 bridgehead atoms. The minimum absolute atomic E-state index is 0.224. The summed E-state index contributed by atoms with van der Waals surface area (Å²) in [5.74, 6) is 1.73. The van der Waals surface area contributed by atoms with E-state index >= 15 is 0 Å². The largest absolute Gasteiger partial charge is 0.493 e. The lowest BCUT2D eigenvalue weighted by Gasteiger charge is -2.14. The molecule has 4 aromatic rings. The van der Waals surface area contributed by atoms with Crippen molar-refractivity contribution in [1.29, 1.82) is 0 Å². The van der Waals surface area contributed by atoms with Crippen molar-refractivity contribution in [2.75, 3.05) is 23.8 Å². The van der Waals surface area contributed by atoms with Crippen LogP contribution in [0.25, 0.3) is 0 Å². The number of halogens is 2. The van der Waals surface area contributed by atoms with E-state index in [1.54, 1.807) is 12.1 Å². The Balaban J connectivity index is 1.34. The van der Waals surface area contributed by atoms with Crippen molar-refractivity contribution in [3.63, 3.8) is 0 Å². The molecule has 0 heterocycles. The van der Waals surface area contributed by atoms with Gasteiger partial charge in [-0.1, -0.05) is 83.8 Å². The zero-order chi connectivity index (χ0) is 32.3. The Morgan fingerprint density at radius 1 is 0.600 bits per heavy atom. The smallest absolute Gasteiger partial charge is 0.259 e. The predicted octanol–water partition coefficient (Wildman–Crippen LogP) is 10.2. The second kappa shape index (κ2) is 16.6. The molecule has 236 valence electrons. The Morgan fingerprint density at radius 3 is 1.33 bits per heavy atom. The Hall–Kier alpha value is -3.62. The van der Waals surface area contributed by atoms with Crippen LogP contribution in [0.5, 0.6) is 11.5 Å². The van der Waals surface area contributed by atoms with Gasteiger partial charge < -0.3 is 20.1 Å². The van der Waals surface area contributed by atoms with E-state index in [9.17, 15) is 9.59 Å². The van der Waals surface area contributed by atoms with Crippen LogP contribution in [0.1, 0.15) is 72.4 Å². The Morgan fingerprint density at radius 2 is 0.978 bits per heavy atom. The highest BCUT2D eigenvalue weighted by atomic mass is 79.9. The molecule has 0 fully saturated rings. The molecule has 2 N–H and O–H groups in total. The molecule has 45 heavy (non-hydrogen) atoms. The number of hydrogen-bond donors (Lipinski definition) is 2. The van der Waals surface area contributed by atoms with Gasteiger partial charge in [0.25, 0.3) is 11.8 Å². The average molecular weight is 737 g/mol. The number of rotatable bonds is 14. The maximum atomic E-state index is 13.1. The summed E-state index contributed by atoms with van der Waals surface area (Å²) in [4.78, 5) is 26.2. The first kappa shape index (κ1) is 34.3. The van der Waals surface area contributed by atoms with Crippen LogP contribution in [0.4, 0.5) is 11.4 Å². The fraction of sp³-hybridized carbons (Fsp3) is 0.297. The normalized spacial score (nSPS) is 11.0. The topological polar surface area (TPSA) is 76.7 Å². The molecule has 0 saturated carbocycles. The first-order valence-electron chi connectivity index (χ1n) is 15.2. The molecule has 0 radical (unpaired) electrons. The zero-order valence-electron chi connectivity index (χ0n) is 26.2. The summed E-state index contributed by atoms with van der Waals surface area (Å²) in [7, 11) is 0. The minimum Gasteiger partial charge on any atom is -0.493 e. The molecule has 4 aromatic carbocycles. The lowest BCUT2D eigenvalue weighted by atomic mass is 10.0. The van der Waals surface area contributed by atoms with Gasteiger partial charge in [-0.25, -0.2) is 0 Å². The molecule has 0 aromatic heterocycles. The van der Waals surface area contributed by atoms with Crippen LogP contribution < -0.4 is 20.1 Å². The summed E-state index contributed by atoms with van der Waals surface area (Å²) in [5, 5.41) is 5.97. The second-order valence-corrected chi connectivity index (χ2v) is 13.7. The summed E-state index contributed by atoms with van der Waals surface area (Å²) in [6, 6.07) is 26.5. The van der Waals surface area contributed by atoms with Crippen molar-refractivity contribution in [1.82, 2.24) is 0 Å². The molecule has 4 rings (SSSR count). The van der Waals surface area contributed by atoms with Crippen molar-refractivity contribution in [3.8, 4) is 11.5 Å². The third kappa shape index (κ3) is 10.8. The number of carbonyl (C=O) groups is 2. The fourth-order valence-corrected chi connectivity index (χ4v) is 5.19. The van der Waals surface area contributed by atoms with Gasteiger partial charge in [0.15, 0.2) is 0 Å². The molecule has 6 nitrogen and oxygen atoms in total. The third-order valence-electron chi connectivity index (χ3n) is 7.11. The molecule has 0 unspecified atom stereocenters. The highest BCUT2D eigenvalue weighted by Gasteiger charge is 2.16. The van der Waals surface area contributed by atoms with Gasteiger partial charge in [0.1, 0.15) is 11.5 Å². The standard InChI is InChI=1S/C37H40Br2N2O4/c1-24(2)17-19-44-34-15-9-28(38)22-32(34)36(42)40-30-11-5-26(6-12-30)21-27-7-13-31(14-8-27)41-37(43)33-23-29(39)10-16-35(33)45-20-18-25(3)4/h5-16,22-25H,17-21H2,1-4H3,(H,40,42)(H,41,43). The van der Waals surface area contributed by atoms with Gasteiger partial charge in [0.05, 0.1) is 24.3 Å². The van der Waals surface area contributed by atoms with Crippen LogP contribution in [0.2, 0.25) is 0 Å². The first-order valence-corrected chi connectivity index (χ1v) is 16.8. The van der Waals surface area contributed by atoms with Crippen LogP contribution in [-0.4, -0.2) is 25.0 Å². The van der Waals surface area contributed by atoms with Crippen molar-refractivity contribution in [2.45, 2.75) is 47.0 Å².